The molecule has 21 heavy (non-hydrogen) atoms. The molecule has 3 nitrogen and oxygen atoms in total. The number of carbonyl (C=O) groups excluding carboxylic acids is 1. The SMILES string of the molecule is CC(C)=CCc1c(C)c(C=O)c(O)c(CC=C(C)C)c1O. The highest BCUT2D eigenvalue weighted by molar-refractivity contribution is 5.84. The van der Waals surface area contributed by atoms with E-state index in [4.69, 9.17) is 0 Å². The van der Waals surface area contributed by atoms with Gasteiger partial charge in [0.05, 0.1) is 5.56 Å². The van der Waals surface area contributed by atoms with Gasteiger partial charge in [0.1, 0.15) is 11.5 Å². The van der Waals surface area contributed by atoms with Crippen molar-refractivity contribution in [2.45, 2.75) is 47.5 Å². The predicted octanol–water partition coefficient (Wildman–Crippen LogP) is 4.24. The van der Waals surface area contributed by atoms with Crippen LogP contribution in [0.25, 0.3) is 0 Å². The van der Waals surface area contributed by atoms with Crippen molar-refractivity contribution >= 4 is 6.29 Å². The van der Waals surface area contributed by atoms with Crippen molar-refractivity contribution < 1.29 is 15.0 Å². The minimum atomic E-state index is -0.113. The summed E-state index contributed by atoms with van der Waals surface area (Å²) in [4.78, 5) is 11.3. The lowest BCUT2D eigenvalue weighted by Gasteiger charge is -2.16. The summed E-state index contributed by atoms with van der Waals surface area (Å²) in [5.74, 6) is -0.0240. The van der Waals surface area contributed by atoms with Crippen LogP contribution in [0.15, 0.2) is 23.3 Å². The van der Waals surface area contributed by atoms with E-state index in [1.165, 1.54) is 0 Å². The number of hydrogen-bond acceptors (Lipinski definition) is 3. The summed E-state index contributed by atoms with van der Waals surface area (Å²) in [5, 5.41) is 20.7. The zero-order valence-corrected chi connectivity index (χ0v) is 13.4. The fraction of sp³-hybridized carbons (Fsp3) is 0.389. The largest absolute Gasteiger partial charge is 0.507 e. The first-order valence-corrected chi connectivity index (χ1v) is 7.07. The molecule has 0 saturated carbocycles. The van der Waals surface area contributed by atoms with E-state index < -0.39 is 0 Å². The van der Waals surface area contributed by atoms with Crippen LogP contribution in [0.2, 0.25) is 0 Å². The molecule has 0 bridgehead atoms. The van der Waals surface area contributed by atoms with Crippen molar-refractivity contribution in [3.05, 3.63) is 45.6 Å². The molecule has 1 aromatic rings. The van der Waals surface area contributed by atoms with Crippen molar-refractivity contribution in [1.29, 1.82) is 0 Å². The minimum Gasteiger partial charge on any atom is -0.507 e. The summed E-state index contributed by atoms with van der Waals surface area (Å²) in [6.45, 7) is 9.62. The number of carbonyl (C=O) groups is 1. The molecule has 1 rings (SSSR count). The van der Waals surface area contributed by atoms with E-state index in [1.54, 1.807) is 6.92 Å². The molecule has 0 amide bonds. The fourth-order valence-electron chi connectivity index (χ4n) is 2.17. The molecular weight excluding hydrogens is 264 g/mol. The molecule has 0 unspecified atom stereocenters. The standard InChI is InChI=1S/C18H24O3/c1-11(2)6-8-14-13(5)16(10-19)18(21)15(17(14)20)9-7-12(3)4/h6-7,10,20-21H,8-9H2,1-5H3. The quantitative estimate of drug-likeness (QED) is 0.629. The van der Waals surface area contributed by atoms with Crippen LogP contribution in [0, 0.1) is 6.92 Å². The van der Waals surface area contributed by atoms with Crippen LogP contribution >= 0.6 is 0 Å². The molecule has 0 saturated heterocycles. The number of aldehydes is 1. The van der Waals surface area contributed by atoms with E-state index in [0.29, 0.717) is 35.8 Å². The molecule has 114 valence electrons. The molecule has 0 aromatic heterocycles. The van der Waals surface area contributed by atoms with Crippen LogP contribution in [0.3, 0.4) is 0 Å². The first-order valence-electron chi connectivity index (χ1n) is 7.07. The lowest BCUT2D eigenvalue weighted by molar-refractivity contribution is 0.112. The summed E-state index contributed by atoms with van der Waals surface area (Å²) in [5.41, 5.74) is 4.25. The zero-order valence-electron chi connectivity index (χ0n) is 13.4. The van der Waals surface area contributed by atoms with Gasteiger partial charge in [0.15, 0.2) is 6.29 Å². The second-order valence-corrected chi connectivity index (χ2v) is 5.78. The smallest absolute Gasteiger partial charge is 0.154 e. The molecule has 0 atom stereocenters. The maximum atomic E-state index is 11.3. The summed E-state index contributed by atoms with van der Waals surface area (Å²) in [6.07, 6.45) is 5.52. The highest BCUT2D eigenvalue weighted by atomic mass is 16.3. The van der Waals surface area contributed by atoms with Crippen molar-refractivity contribution in [2.75, 3.05) is 0 Å². The van der Waals surface area contributed by atoms with Crippen LogP contribution in [0.4, 0.5) is 0 Å². The number of allylic oxidation sites excluding steroid dienone is 4. The molecule has 0 spiro atoms. The maximum Gasteiger partial charge on any atom is 0.154 e. The molecule has 2 N–H and O–H groups in total. The Bertz CT molecular complexity index is 552. The molecular formula is C18H24O3. The number of rotatable bonds is 5. The van der Waals surface area contributed by atoms with Gasteiger partial charge in [-0.25, -0.2) is 0 Å². The number of benzene rings is 1. The Kier molecular flexibility index (Phi) is 5.77. The molecule has 3 heteroatoms. The number of phenolic OH excluding ortho intramolecular Hbond substituents is 2. The highest BCUT2D eigenvalue weighted by Crippen LogP contribution is 2.38. The third-order valence-corrected chi connectivity index (χ3v) is 3.52. The normalized spacial score (nSPS) is 10.1. The number of aromatic hydroxyl groups is 2. The molecule has 0 aliphatic heterocycles. The Morgan fingerprint density at radius 3 is 1.81 bits per heavy atom. The van der Waals surface area contributed by atoms with E-state index in [9.17, 15) is 15.0 Å². The third-order valence-electron chi connectivity index (χ3n) is 3.52. The van der Waals surface area contributed by atoms with Crippen LogP contribution in [0.1, 0.15) is 54.7 Å². The van der Waals surface area contributed by atoms with Gasteiger partial charge in [-0.2, -0.15) is 0 Å². The summed E-state index contributed by atoms with van der Waals surface area (Å²) in [7, 11) is 0. The number of phenols is 2. The van der Waals surface area contributed by atoms with E-state index in [0.717, 1.165) is 11.1 Å². The second-order valence-electron chi connectivity index (χ2n) is 5.78. The van der Waals surface area contributed by atoms with Gasteiger partial charge in [0, 0.05) is 11.1 Å². The van der Waals surface area contributed by atoms with Crippen molar-refractivity contribution in [2.24, 2.45) is 0 Å². The van der Waals surface area contributed by atoms with E-state index >= 15 is 0 Å². The maximum absolute atomic E-state index is 11.3. The number of hydrogen-bond donors (Lipinski definition) is 2. The summed E-state index contributed by atoms with van der Waals surface area (Å²) >= 11 is 0. The van der Waals surface area contributed by atoms with Gasteiger partial charge in [-0.05, 0) is 53.0 Å². The van der Waals surface area contributed by atoms with Crippen molar-refractivity contribution in [1.82, 2.24) is 0 Å². The second kappa shape index (κ2) is 7.11. The average molecular weight is 288 g/mol. The lowest BCUT2D eigenvalue weighted by atomic mass is 9.92. The molecule has 0 radical (unpaired) electrons. The van der Waals surface area contributed by atoms with E-state index in [-0.39, 0.29) is 17.1 Å². The van der Waals surface area contributed by atoms with Crippen LogP contribution in [0.5, 0.6) is 11.5 Å². The van der Waals surface area contributed by atoms with E-state index in [2.05, 4.69) is 0 Å². The van der Waals surface area contributed by atoms with Gasteiger partial charge in [0.25, 0.3) is 0 Å². The minimum absolute atomic E-state index is 0.0885. The molecule has 0 aliphatic carbocycles. The fourth-order valence-corrected chi connectivity index (χ4v) is 2.17. The topological polar surface area (TPSA) is 57.5 Å². The van der Waals surface area contributed by atoms with Gasteiger partial charge in [-0.3, -0.25) is 4.79 Å². The van der Waals surface area contributed by atoms with Crippen LogP contribution in [-0.2, 0) is 12.8 Å². The Morgan fingerprint density at radius 2 is 1.38 bits per heavy atom. The molecule has 0 heterocycles. The molecule has 1 aromatic carbocycles. The Hall–Kier alpha value is -2.03. The molecule has 0 aliphatic rings. The van der Waals surface area contributed by atoms with Gasteiger partial charge in [-0.1, -0.05) is 23.3 Å². The Balaban J connectivity index is 3.50. The van der Waals surface area contributed by atoms with Gasteiger partial charge < -0.3 is 10.2 Å². The Morgan fingerprint density at radius 1 is 0.905 bits per heavy atom. The van der Waals surface area contributed by atoms with Crippen LogP contribution < -0.4 is 0 Å². The van der Waals surface area contributed by atoms with Crippen molar-refractivity contribution in [3.8, 4) is 11.5 Å². The van der Waals surface area contributed by atoms with E-state index in [1.807, 2.05) is 39.8 Å². The highest BCUT2D eigenvalue weighted by Gasteiger charge is 2.19. The first-order chi connectivity index (χ1) is 9.79. The predicted molar refractivity (Wildman–Crippen MR) is 86.2 cm³/mol. The van der Waals surface area contributed by atoms with Crippen molar-refractivity contribution in [3.63, 3.8) is 0 Å². The monoisotopic (exact) mass is 288 g/mol. The van der Waals surface area contributed by atoms with Gasteiger partial charge in [0.2, 0.25) is 0 Å². The summed E-state index contributed by atoms with van der Waals surface area (Å²) in [6, 6.07) is 0. The third kappa shape index (κ3) is 3.97. The van der Waals surface area contributed by atoms with Crippen LogP contribution in [-0.4, -0.2) is 16.5 Å². The zero-order chi connectivity index (χ0) is 16.2. The lowest BCUT2D eigenvalue weighted by Crippen LogP contribution is -2.01. The molecule has 0 fully saturated rings. The van der Waals surface area contributed by atoms with Gasteiger partial charge >= 0.3 is 0 Å². The summed E-state index contributed by atoms with van der Waals surface area (Å²) < 4.78 is 0. The first kappa shape index (κ1) is 17.0. The average Bonchev–Trinajstić information content (AvgIpc) is 2.38. The Labute approximate surface area is 126 Å². The van der Waals surface area contributed by atoms with Gasteiger partial charge in [-0.15, -0.1) is 0 Å².